The highest BCUT2D eigenvalue weighted by Crippen LogP contribution is 2.41. The van der Waals surface area contributed by atoms with E-state index in [-0.39, 0.29) is 0 Å². The van der Waals surface area contributed by atoms with Gasteiger partial charge in [0.15, 0.2) is 0 Å². The lowest BCUT2D eigenvalue weighted by Gasteiger charge is -2.44. The van der Waals surface area contributed by atoms with Crippen LogP contribution in [-0.2, 0) is 0 Å². The summed E-state index contributed by atoms with van der Waals surface area (Å²) in [7, 11) is 0. The molecule has 0 aromatic rings. The first-order chi connectivity index (χ1) is 7.48. The van der Waals surface area contributed by atoms with Crippen molar-refractivity contribution >= 4 is 0 Å². The van der Waals surface area contributed by atoms with Crippen molar-refractivity contribution in [3.63, 3.8) is 0 Å². The molecule has 16 heavy (non-hydrogen) atoms. The van der Waals surface area contributed by atoms with Gasteiger partial charge in [-0.1, -0.05) is 54.9 Å². The quantitative estimate of drug-likeness (QED) is 0.680. The molecule has 1 rings (SSSR count). The van der Waals surface area contributed by atoms with Crippen molar-refractivity contribution in [2.24, 2.45) is 17.8 Å². The van der Waals surface area contributed by atoms with E-state index in [0.717, 1.165) is 5.92 Å². The lowest BCUT2D eigenvalue weighted by Crippen LogP contribution is -2.45. The van der Waals surface area contributed by atoms with Gasteiger partial charge >= 0.3 is 0 Å². The van der Waals surface area contributed by atoms with Crippen molar-refractivity contribution in [3.05, 3.63) is 0 Å². The summed E-state index contributed by atoms with van der Waals surface area (Å²) in [5.74, 6) is 1.77. The highest BCUT2D eigenvalue weighted by atomic mass is 16.3. The zero-order chi connectivity index (χ0) is 13.4. The van der Waals surface area contributed by atoms with E-state index in [4.69, 9.17) is 0 Å². The van der Waals surface area contributed by atoms with Gasteiger partial charge in [-0.15, -0.1) is 0 Å². The summed E-state index contributed by atoms with van der Waals surface area (Å²) in [6, 6.07) is 0. The molecule has 2 atom stereocenters. The van der Waals surface area contributed by atoms with Crippen LogP contribution in [0, 0.1) is 17.8 Å². The maximum atomic E-state index is 10.1. The monoisotopic (exact) mass is 230 g/mol. The van der Waals surface area contributed by atoms with E-state index >= 15 is 0 Å². The topological polar surface area (TPSA) is 20.2 Å². The fourth-order valence-electron chi connectivity index (χ4n) is 2.39. The van der Waals surface area contributed by atoms with Gasteiger partial charge in [-0.05, 0) is 37.5 Å². The van der Waals surface area contributed by atoms with E-state index in [1.54, 1.807) is 0 Å². The molecule has 0 saturated heterocycles. The predicted molar refractivity (Wildman–Crippen MR) is 74.7 cm³/mol. The Morgan fingerprint density at radius 1 is 1.00 bits per heavy atom. The van der Waals surface area contributed by atoms with Crippen molar-refractivity contribution in [2.45, 2.75) is 80.3 Å². The van der Waals surface area contributed by atoms with Crippen molar-refractivity contribution in [1.29, 1.82) is 0 Å². The first-order valence-corrected chi connectivity index (χ1v) is 7.20. The van der Waals surface area contributed by atoms with Gasteiger partial charge in [0.05, 0.1) is 5.60 Å². The van der Waals surface area contributed by atoms with Crippen molar-refractivity contribution in [1.82, 2.24) is 0 Å². The molecule has 100 valence electrons. The van der Waals surface area contributed by atoms with Crippen LogP contribution in [0.15, 0.2) is 0 Å². The lowest BCUT2D eigenvalue weighted by atomic mass is 9.66. The average molecular weight is 230 g/mol. The maximum absolute atomic E-state index is 10.1. The predicted octanol–water partition coefficient (Wildman–Crippen LogP) is 4.88. The fourth-order valence-corrected chi connectivity index (χ4v) is 2.39. The molecule has 2 unspecified atom stereocenters. The van der Waals surface area contributed by atoms with Crippen LogP contribution in [0.25, 0.3) is 0 Å². The average Bonchev–Trinajstić information content (AvgIpc) is 2.31. The SMILES string of the molecule is CC.CC.CCC1CC(C)C(C)(O)C(C)C1. The standard InChI is InChI=1S/C11H22O.2C2H6/c1-5-10-6-8(2)11(4,12)9(3)7-10;2*1-2/h8-10,12H,5-7H2,1-4H3;2*1-2H3. The molecule has 0 radical (unpaired) electrons. The van der Waals surface area contributed by atoms with Gasteiger partial charge in [0, 0.05) is 0 Å². The lowest BCUT2D eigenvalue weighted by molar-refractivity contribution is -0.0817. The normalized spacial score (nSPS) is 37.7. The van der Waals surface area contributed by atoms with E-state index in [2.05, 4.69) is 20.8 Å². The van der Waals surface area contributed by atoms with Crippen LogP contribution in [-0.4, -0.2) is 10.7 Å². The van der Waals surface area contributed by atoms with Crippen LogP contribution >= 0.6 is 0 Å². The van der Waals surface area contributed by atoms with E-state index in [1.807, 2.05) is 34.6 Å². The molecule has 1 saturated carbocycles. The van der Waals surface area contributed by atoms with Crippen molar-refractivity contribution in [2.75, 3.05) is 0 Å². The summed E-state index contributed by atoms with van der Waals surface area (Å²) >= 11 is 0. The van der Waals surface area contributed by atoms with Crippen LogP contribution in [0.3, 0.4) is 0 Å². The second-order valence-corrected chi connectivity index (χ2v) is 4.77. The summed E-state index contributed by atoms with van der Waals surface area (Å²) in [6.45, 7) is 16.6. The Labute approximate surface area is 104 Å². The zero-order valence-corrected chi connectivity index (χ0v) is 12.8. The Morgan fingerprint density at radius 3 is 1.56 bits per heavy atom. The zero-order valence-electron chi connectivity index (χ0n) is 12.8. The van der Waals surface area contributed by atoms with Crippen molar-refractivity contribution in [3.8, 4) is 0 Å². The van der Waals surface area contributed by atoms with Crippen LogP contribution < -0.4 is 0 Å². The van der Waals surface area contributed by atoms with E-state index < -0.39 is 5.60 Å². The molecule has 1 nitrogen and oxygen atoms in total. The second kappa shape index (κ2) is 9.04. The van der Waals surface area contributed by atoms with Crippen LogP contribution in [0.1, 0.15) is 74.7 Å². The number of aliphatic hydroxyl groups is 1. The minimum atomic E-state index is -0.425. The first kappa shape index (κ1) is 18.3. The molecule has 1 N–H and O–H groups in total. The summed E-state index contributed by atoms with van der Waals surface area (Å²) in [4.78, 5) is 0. The van der Waals surface area contributed by atoms with Gasteiger partial charge in [0.25, 0.3) is 0 Å². The molecule has 1 aliphatic rings. The molecule has 0 aromatic heterocycles. The molecule has 1 aliphatic carbocycles. The molecular weight excluding hydrogens is 196 g/mol. The molecule has 0 aliphatic heterocycles. The number of rotatable bonds is 1. The summed E-state index contributed by atoms with van der Waals surface area (Å²) in [5.41, 5.74) is -0.425. The molecule has 1 fully saturated rings. The Bertz CT molecular complexity index is 138. The fraction of sp³-hybridized carbons (Fsp3) is 1.00. The maximum Gasteiger partial charge on any atom is 0.0670 e. The first-order valence-electron chi connectivity index (χ1n) is 7.20. The Balaban J connectivity index is 0. The Hall–Kier alpha value is -0.0400. The molecule has 0 spiro atoms. The van der Waals surface area contributed by atoms with Gasteiger partial charge in [-0.2, -0.15) is 0 Å². The van der Waals surface area contributed by atoms with Crippen LogP contribution in [0.2, 0.25) is 0 Å². The summed E-state index contributed by atoms with van der Waals surface area (Å²) in [5, 5.41) is 10.1. The van der Waals surface area contributed by atoms with Crippen LogP contribution in [0.5, 0.6) is 0 Å². The van der Waals surface area contributed by atoms with Crippen molar-refractivity contribution < 1.29 is 5.11 Å². The third-order valence-electron chi connectivity index (χ3n) is 3.95. The Morgan fingerprint density at radius 2 is 1.31 bits per heavy atom. The van der Waals surface area contributed by atoms with E-state index in [9.17, 15) is 5.11 Å². The summed E-state index contributed by atoms with van der Waals surface area (Å²) < 4.78 is 0. The van der Waals surface area contributed by atoms with Gasteiger partial charge < -0.3 is 5.11 Å². The minimum Gasteiger partial charge on any atom is -0.390 e. The molecule has 0 bridgehead atoms. The number of hydrogen-bond acceptors (Lipinski definition) is 1. The van der Waals surface area contributed by atoms with Crippen LogP contribution in [0.4, 0.5) is 0 Å². The molecule has 1 heteroatoms. The highest BCUT2D eigenvalue weighted by molar-refractivity contribution is 4.91. The molecule has 0 amide bonds. The van der Waals surface area contributed by atoms with E-state index in [0.29, 0.717) is 11.8 Å². The summed E-state index contributed by atoms with van der Waals surface area (Å²) in [6.07, 6.45) is 3.67. The molecule has 0 aromatic carbocycles. The number of hydrogen-bond donors (Lipinski definition) is 1. The van der Waals surface area contributed by atoms with Gasteiger partial charge in [0.2, 0.25) is 0 Å². The van der Waals surface area contributed by atoms with E-state index in [1.165, 1.54) is 19.3 Å². The minimum absolute atomic E-state index is 0.425. The second-order valence-electron chi connectivity index (χ2n) is 4.77. The molecular formula is C15H34O. The van der Waals surface area contributed by atoms with Gasteiger partial charge in [-0.25, -0.2) is 0 Å². The third-order valence-corrected chi connectivity index (χ3v) is 3.95. The Kier molecular flexibility index (Phi) is 10.4. The third kappa shape index (κ3) is 4.86. The molecule has 0 heterocycles. The van der Waals surface area contributed by atoms with Gasteiger partial charge in [-0.3, -0.25) is 0 Å². The smallest absolute Gasteiger partial charge is 0.0670 e. The highest BCUT2D eigenvalue weighted by Gasteiger charge is 2.40. The largest absolute Gasteiger partial charge is 0.390 e. The van der Waals surface area contributed by atoms with Gasteiger partial charge in [0.1, 0.15) is 0 Å².